The highest BCUT2D eigenvalue weighted by Crippen LogP contribution is 2.28. The average molecular weight is 411 g/mol. The zero-order valence-corrected chi connectivity index (χ0v) is 18.0. The number of carbonyl (C=O) groups excluding carboxylic acids is 1. The molecule has 0 radical (unpaired) electrons. The molecule has 30 heavy (non-hydrogen) atoms. The van der Waals surface area contributed by atoms with E-state index in [1.165, 1.54) is 25.3 Å². The smallest absolute Gasteiger partial charge is 0.225 e. The zero-order valence-electron chi connectivity index (χ0n) is 18.0. The van der Waals surface area contributed by atoms with Gasteiger partial charge in [0.1, 0.15) is 17.5 Å². The van der Waals surface area contributed by atoms with E-state index in [1.54, 1.807) is 12.1 Å². The highest BCUT2D eigenvalue weighted by atomic mass is 19.1. The molecule has 1 aliphatic carbocycles. The number of piperazine rings is 1. The van der Waals surface area contributed by atoms with Gasteiger partial charge in [-0.15, -0.1) is 0 Å². The molecule has 1 saturated carbocycles. The maximum absolute atomic E-state index is 13.7. The average Bonchev–Trinajstić information content (AvgIpc) is 2.76. The van der Waals surface area contributed by atoms with Crippen LogP contribution in [0.15, 0.2) is 24.3 Å². The number of hydrogen-bond acceptors (Lipinski definition) is 4. The summed E-state index contributed by atoms with van der Waals surface area (Å²) in [6.45, 7) is 6.91. The molecule has 4 rings (SSSR count). The monoisotopic (exact) mass is 410 g/mol. The fourth-order valence-corrected chi connectivity index (χ4v) is 4.78. The highest BCUT2D eigenvalue weighted by molar-refractivity contribution is 5.79. The molecule has 1 saturated heterocycles. The van der Waals surface area contributed by atoms with Crippen LogP contribution < -0.4 is 4.90 Å². The number of halogens is 1. The van der Waals surface area contributed by atoms with Crippen LogP contribution in [0.4, 0.5) is 10.2 Å². The maximum Gasteiger partial charge on any atom is 0.225 e. The quantitative estimate of drug-likeness (QED) is 0.763. The Morgan fingerprint density at radius 1 is 1.07 bits per heavy atom. The third kappa shape index (κ3) is 4.63. The van der Waals surface area contributed by atoms with Crippen LogP contribution >= 0.6 is 0 Å². The van der Waals surface area contributed by atoms with E-state index in [0.29, 0.717) is 12.3 Å². The Hall–Kier alpha value is -2.50. The minimum Gasteiger partial charge on any atom is -0.353 e. The molecule has 2 fully saturated rings. The number of benzene rings is 1. The van der Waals surface area contributed by atoms with Crippen LogP contribution in [0.3, 0.4) is 0 Å². The van der Waals surface area contributed by atoms with Gasteiger partial charge in [-0.2, -0.15) is 0 Å². The second-order valence-corrected chi connectivity index (χ2v) is 8.61. The first-order chi connectivity index (χ1) is 14.5. The van der Waals surface area contributed by atoms with E-state index in [4.69, 9.17) is 4.98 Å². The van der Waals surface area contributed by atoms with E-state index >= 15 is 0 Å². The van der Waals surface area contributed by atoms with Crippen LogP contribution in [-0.2, 0) is 11.2 Å². The molecule has 0 N–H and O–H groups in total. The van der Waals surface area contributed by atoms with Crippen LogP contribution in [0, 0.1) is 25.6 Å². The number of aromatic nitrogens is 2. The minimum atomic E-state index is -0.227. The minimum absolute atomic E-state index is 0.220. The van der Waals surface area contributed by atoms with E-state index in [0.717, 1.165) is 67.5 Å². The molecule has 2 aromatic rings. The molecule has 6 heteroatoms. The van der Waals surface area contributed by atoms with Crippen molar-refractivity contribution in [2.45, 2.75) is 52.4 Å². The van der Waals surface area contributed by atoms with Crippen molar-refractivity contribution >= 4 is 11.7 Å². The van der Waals surface area contributed by atoms with E-state index in [9.17, 15) is 9.18 Å². The van der Waals surface area contributed by atoms with Crippen molar-refractivity contribution < 1.29 is 9.18 Å². The second-order valence-electron chi connectivity index (χ2n) is 8.61. The molecule has 0 atom stereocenters. The van der Waals surface area contributed by atoms with Gasteiger partial charge in [-0.1, -0.05) is 31.4 Å². The van der Waals surface area contributed by atoms with Gasteiger partial charge in [0.15, 0.2) is 0 Å². The molecule has 1 amide bonds. The van der Waals surface area contributed by atoms with Gasteiger partial charge in [0, 0.05) is 49.8 Å². The van der Waals surface area contributed by atoms with Crippen molar-refractivity contribution in [3.63, 3.8) is 0 Å². The summed E-state index contributed by atoms with van der Waals surface area (Å²) in [6.07, 6.45) is 6.30. The van der Waals surface area contributed by atoms with E-state index < -0.39 is 0 Å². The van der Waals surface area contributed by atoms with Gasteiger partial charge in [-0.05, 0) is 44.4 Å². The Bertz CT molecular complexity index is 902. The first-order valence-corrected chi connectivity index (χ1v) is 11.1. The summed E-state index contributed by atoms with van der Waals surface area (Å²) < 4.78 is 13.7. The summed E-state index contributed by atoms with van der Waals surface area (Å²) in [5.41, 5.74) is 2.89. The Labute approximate surface area is 178 Å². The molecule has 5 nitrogen and oxygen atoms in total. The first-order valence-electron chi connectivity index (χ1n) is 11.1. The Balaban J connectivity index is 1.49. The molecule has 0 unspecified atom stereocenters. The molecule has 1 aromatic heterocycles. The summed E-state index contributed by atoms with van der Waals surface area (Å²) in [6, 6.07) is 6.71. The number of aryl methyl sites for hydroxylation is 2. The number of amides is 1. The van der Waals surface area contributed by atoms with Crippen LogP contribution in [0.25, 0.3) is 0 Å². The van der Waals surface area contributed by atoms with Gasteiger partial charge in [0.2, 0.25) is 5.91 Å². The fourth-order valence-electron chi connectivity index (χ4n) is 4.78. The van der Waals surface area contributed by atoms with Gasteiger partial charge >= 0.3 is 0 Å². The van der Waals surface area contributed by atoms with Crippen molar-refractivity contribution in [3.8, 4) is 0 Å². The summed E-state index contributed by atoms with van der Waals surface area (Å²) >= 11 is 0. The fraction of sp³-hybridized carbons (Fsp3) is 0.542. The van der Waals surface area contributed by atoms with Gasteiger partial charge in [0.25, 0.3) is 0 Å². The summed E-state index contributed by atoms with van der Waals surface area (Å²) in [5.74, 6) is 2.00. The third-order valence-electron chi connectivity index (χ3n) is 6.42. The van der Waals surface area contributed by atoms with Crippen LogP contribution in [0.5, 0.6) is 0 Å². The zero-order chi connectivity index (χ0) is 21.1. The van der Waals surface area contributed by atoms with Crippen molar-refractivity contribution in [1.82, 2.24) is 14.9 Å². The highest BCUT2D eigenvalue weighted by Gasteiger charge is 2.29. The molecule has 1 aromatic carbocycles. The summed E-state index contributed by atoms with van der Waals surface area (Å²) in [4.78, 5) is 26.5. The molecular weight excluding hydrogens is 379 g/mol. The van der Waals surface area contributed by atoms with Crippen LogP contribution in [0.2, 0.25) is 0 Å². The Kier molecular flexibility index (Phi) is 6.30. The van der Waals surface area contributed by atoms with Gasteiger partial charge in [-0.3, -0.25) is 4.79 Å². The number of anilines is 1. The second kappa shape index (κ2) is 9.11. The number of nitrogens with zero attached hydrogens (tertiary/aromatic N) is 4. The maximum atomic E-state index is 13.7. The van der Waals surface area contributed by atoms with Gasteiger partial charge in [0.05, 0.1) is 0 Å². The lowest BCUT2D eigenvalue weighted by molar-refractivity contribution is -0.136. The molecule has 2 aliphatic rings. The Morgan fingerprint density at radius 2 is 1.80 bits per heavy atom. The summed E-state index contributed by atoms with van der Waals surface area (Å²) in [7, 11) is 0. The van der Waals surface area contributed by atoms with E-state index in [2.05, 4.69) is 9.88 Å². The van der Waals surface area contributed by atoms with Gasteiger partial charge in [-0.25, -0.2) is 14.4 Å². The molecule has 0 spiro atoms. The molecule has 0 bridgehead atoms. The van der Waals surface area contributed by atoms with E-state index in [-0.39, 0.29) is 11.7 Å². The van der Waals surface area contributed by atoms with Crippen LogP contribution in [-0.4, -0.2) is 47.0 Å². The molecule has 1 aliphatic heterocycles. The number of rotatable bonds is 4. The van der Waals surface area contributed by atoms with Crippen molar-refractivity contribution in [1.29, 1.82) is 0 Å². The van der Waals surface area contributed by atoms with Crippen LogP contribution in [0.1, 0.15) is 54.7 Å². The normalized spacial score (nSPS) is 18.0. The molecule has 160 valence electrons. The molecule has 2 heterocycles. The van der Waals surface area contributed by atoms with Crippen molar-refractivity contribution in [3.05, 3.63) is 52.7 Å². The number of hydrogen-bond donors (Lipinski definition) is 0. The van der Waals surface area contributed by atoms with E-state index in [1.807, 2.05) is 24.8 Å². The molecular formula is C24H31FN4O. The summed E-state index contributed by atoms with van der Waals surface area (Å²) in [5, 5.41) is 0. The SMILES string of the molecule is Cc1nc(C)c(Cc2cccc(F)c2)c(N2CCN(C(=O)C3CCCCC3)CC2)n1. The lowest BCUT2D eigenvalue weighted by atomic mass is 9.88. The third-order valence-corrected chi connectivity index (χ3v) is 6.42. The topological polar surface area (TPSA) is 49.3 Å². The van der Waals surface area contributed by atoms with Crippen molar-refractivity contribution in [2.24, 2.45) is 5.92 Å². The van der Waals surface area contributed by atoms with Gasteiger partial charge < -0.3 is 9.80 Å². The lowest BCUT2D eigenvalue weighted by Crippen LogP contribution is -2.51. The van der Waals surface area contributed by atoms with Crippen molar-refractivity contribution in [2.75, 3.05) is 31.1 Å². The first kappa shape index (κ1) is 20.8. The largest absolute Gasteiger partial charge is 0.353 e. The predicted molar refractivity (Wildman–Crippen MR) is 116 cm³/mol. The predicted octanol–water partition coefficient (Wildman–Crippen LogP) is 4.05. The standard InChI is InChI=1S/C24H31FN4O/c1-17-22(16-19-7-6-10-21(25)15-19)23(27-18(2)26-17)28-11-13-29(14-12-28)24(30)20-8-4-3-5-9-20/h6-7,10,15,20H,3-5,8-9,11-14,16H2,1-2H3. The Morgan fingerprint density at radius 3 is 2.50 bits per heavy atom. The lowest BCUT2D eigenvalue weighted by Gasteiger charge is -2.38. The number of carbonyl (C=O) groups is 1.